The molecular formula is C18H24N4O. The fraction of sp³-hybridized carbons (Fsp3) is 0.500. The number of anilines is 1. The van der Waals surface area contributed by atoms with Gasteiger partial charge in [0.1, 0.15) is 12.1 Å². The molecule has 1 amide bonds. The summed E-state index contributed by atoms with van der Waals surface area (Å²) in [4.78, 5) is 23.0. The lowest BCUT2D eigenvalue weighted by atomic mass is 10.0. The zero-order valence-electron chi connectivity index (χ0n) is 13.9. The predicted molar refractivity (Wildman–Crippen MR) is 92.6 cm³/mol. The van der Waals surface area contributed by atoms with Crippen molar-refractivity contribution in [3.63, 3.8) is 0 Å². The largest absolute Gasteiger partial charge is 0.354 e. The van der Waals surface area contributed by atoms with E-state index in [1.54, 1.807) is 6.33 Å². The van der Waals surface area contributed by atoms with Gasteiger partial charge in [0.2, 0.25) is 5.91 Å². The topological polar surface area (TPSA) is 58.1 Å². The maximum absolute atomic E-state index is 11.9. The minimum Gasteiger partial charge on any atom is -0.354 e. The van der Waals surface area contributed by atoms with E-state index in [1.165, 1.54) is 5.56 Å². The molecule has 5 heteroatoms. The van der Waals surface area contributed by atoms with E-state index < -0.39 is 0 Å². The second kappa shape index (κ2) is 6.94. The van der Waals surface area contributed by atoms with Gasteiger partial charge in [-0.25, -0.2) is 9.97 Å². The van der Waals surface area contributed by atoms with E-state index in [4.69, 9.17) is 0 Å². The fourth-order valence-corrected chi connectivity index (χ4v) is 3.22. The van der Waals surface area contributed by atoms with Crippen LogP contribution in [0.5, 0.6) is 0 Å². The van der Waals surface area contributed by atoms with E-state index in [-0.39, 0.29) is 11.9 Å². The van der Waals surface area contributed by atoms with Crippen LogP contribution in [0.25, 0.3) is 10.9 Å². The molecule has 2 heterocycles. The number of hydrogen-bond donors (Lipinski definition) is 1. The van der Waals surface area contributed by atoms with Gasteiger partial charge in [-0.3, -0.25) is 4.79 Å². The number of fused-ring (bicyclic) bond motifs is 1. The van der Waals surface area contributed by atoms with Crippen molar-refractivity contribution in [2.75, 3.05) is 18.0 Å². The second-order valence-corrected chi connectivity index (χ2v) is 6.32. The number of hydrogen-bond acceptors (Lipinski definition) is 4. The van der Waals surface area contributed by atoms with Crippen LogP contribution in [-0.4, -0.2) is 35.0 Å². The molecule has 0 spiro atoms. The zero-order valence-corrected chi connectivity index (χ0v) is 13.9. The van der Waals surface area contributed by atoms with Crippen molar-refractivity contribution in [3.8, 4) is 0 Å². The summed E-state index contributed by atoms with van der Waals surface area (Å²) in [6, 6.07) is 6.46. The third-order valence-electron chi connectivity index (χ3n) is 4.33. The fourth-order valence-electron chi connectivity index (χ4n) is 3.22. The summed E-state index contributed by atoms with van der Waals surface area (Å²) >= 11 is 0. The van der Waals surface area contributed by atoms with Gasteiger partial charge < -0.3 is 10.2 Å². The highest BCUT2D eigenvalue weighted by Crippen LogP contribution is 2.26. The normalized spacial score (nSPS) is 18.2. The van der Waals surface area contributed by atoms with Crippen LogP contribution in [-0.2, 0) is 4.79 Å². The van der Waals surface area contributed by atoms with Crippen molar-refractivity contribution in [2.24, 2.45) is 0 Å². The Morgan fingerprint density at radius 2 is 2.26 bits per heavy atom. The van der Waals surface area contributed by atoms with Crippen molar-refractivity contribution < 1.29 is 4.79 Å². The van der Waals surface area contributed by atoms with Gasteiger partial charge in [0.25, 0.3) is 0 Å². The Kier molecular flexibility index (Phi) is 4.74. The van der Waals surface area contributed by atoms with Crippen LogP contribution in [0.2, 0.25) is 0 Å². The molecule has 1 aliphatic rings. The smallest absolute Gasteiger partial charge is 0.220 e. The number of aromatic nitrogens is 2. The van der Waals surface area contributed by atoms with Gasteiger partial charge in [-0.1, -0.05) is 18.6 Å². The number of benzene rings is 1. The number of nitrogens with zero attached hydrogens (tertiary/aromatic N) is 3. The molecule has 1 atom stereocenters. The standard InChI is InChI=1S/C18H24N4O/c1-3-5-17(23)21-14-6-4-9-22(11-14)18-15-10-13(2)7-8-16(15)19-12-20-18/h7-8,10,12,14H,3-6,9,11H2,1-2H3,(H,21,23). The van der Waals surface area contributed by atoms with E-state index >= 15 is 0 Å². The summed E-state index contributed by atoms with van der Waals surface area (Å²) in [5.41, 5.74) is 2.18. The zero-order chi connectivity index (χ0) is 16.2. The first-order valence-electron chi connectivity index (χ1n) is 8.43. The summed E-state index contributed by atoms with van der Waals surface area (Å²) in [5.74, 6) is 1.14. The second-order valence-electron chi connectivity index (χ2n) is 6.32. The Morgan fingerprint density at radius 1 is 1.39 bits per heavy atom. The summed E-state index contributed by atoms with van der Waals surface area (Å²) in [6.07, 6.45) is 5.22. The van der Waals surface area contributed by atoms with Crippen molar-refractivity contribution >= 4 is 22.6 Å². The van der Waals surface area contributed by atoms with E-state index in [1.807, 2.05) is 13.0 Å². The molecule has 3 rings (SSSR count). The molecule has 5 nitrogen and oxygen atoms in total. The molecule has 2 aromatic rings. The summed E-state index contributed by atoms with van der Waals surface area (Å²) in [6.45, 7) is 5.90. The van der Waals surface area contributed by atoms with E-state index in [2.05, 4.69) is 39.2 Å². The molecule has 122 valence electrons. The minimum atomic E-state index is 0.155. The molecule has 0 saturated carbocycles. The minimum absolute atomic E-state index is 0.155. The van der Waals surface area contributed by atoms with Crippen molar-refractivity contribution in [1.29, 1.82) is 0 Å². The van der Waals surface area contributed by atoms with Crippen LogP contribution in [0.4, 0.5) is 5.82 Å². The summed E-state index contributed by atoms with van der Waals surface area (Å²) < 4.78 is 0. The molecule has 1 aromatic heterocycles. The van der Waals surface area contributed by atoms with Crippen LogP contribution in [0.15, 0.2) is 24.5 Å². The SMILES string of the molecule is CCCC(=O)NC1CCCN(c2ncnc3ccc(C)cc23)C1. The number of piperidine rings is 1. The van der Waals surface area contributed by atoms with Gasteiger partial charge in [-0.2, -0.15) is 0 Å². The van der Waals surface area contributed by atoms with Crippen LogP contribution in [0, 0.1) is 6.92 Å². The number of aryl methyl sites for hydroxylation is 1. The Morgan fingerprint density at radius 3 is 3.09 bits per heavy atom. The molecule has 1 aromatic carbocycles. The van der Waals surface area contributed by atoms with E-state index in [0.717, 1.165) is 49.1 Å². The number of carbonyl (C=O) groups is 1. The molecule has 1 aliphatic heterocycles. The first kappa shape index (κ1) is 15.7. The van der Waals surface area contributed by atoms with Gasteiger partial charge in [-0.05, 0) is 38.3 Å². The molecule has 1 N–H and O–H groups in total. The van der Waals surface area contributed by atoms with E-state index in [0.29, 0.717) is 6.42 Å². The molecule has 0 aliphatic carbocycles. The number of amides is 1. The van der Waals surface area contributed by atoms with Crippen LogP contribution < -0.4 is 10.2 Å². The summed E-state index contributed by atoms with van der Waals surface area (Å²) in [7, 11) is 0. The Hall–Kier alpha value is -2.17. The monoisotopic (exact) mass is 312 g/mol. The maximum atomic E-state index is 11.9. The van der Waals surface area contributed by atoms with Gasteiger partial charge in [0, 0.05) is 30.9 Å². The van der Waals surface area contributed by atoms with Crippen LogP contribution >= 0.6 is 0 Å². The lowest BCUT2D eigenvalue weighted by molar-refractivity contribution is -0.121. The molecule has 0 radical (unpaired) electrons. The van der Waals surface area contributed by atoms with Gasteiger partial charge >= 0.3 is 0 Å². The average Bonchev–Trinajstić information content (AvgIpc) is 2.54. The van der Waals surface area contributed by atoms with Crippen molar-refractivity contribution in [2.45, 2.75) is 45.6 Å². The summed E-state index contributed by atoms with van der Waals surface area (Å²) in [5, 5.41) is 4.25. The van der Waals surface area contributed by atoms with E-state index in [9.17, 15) is 4.79 Å². The highest BCUT2D eigenvalue weighted by Gasteiger charge is 2.23. The molecular weight excluding hydrogens is 288 g/mol. The molecule has 1 unspecified atom stereocenters. The molecule has 1 saturated heterocycles. The number of carbonyl (C=O) groups excluding carboxylic acids is 1. The van der Waals surface area contributed by atoms with Gasteiger partial charge in [0.05, 0.1) is 5.52 Å². The lowest BCUT2D eigenvalue weighted by Gasteiger charge is -2.34. The third-order valence-corrected chi connectivity index (χ3v) is 4.33. The lowest BCUT2D eigenvalue weighted by Crippen LogP contribution is -2.48. The quantitative estimate of drug-likeness (QED) is 0.943. The third kappa shape index (κ3) is 3.60. The molecule has 0 bridgehead atoms. The predicted octanol–water partition coefficient (Wildman–Crippen LogP) is 2.82. The highest BCUT2D eigenvalue weighted by atomic mass is 16.1. The van der Waals surface area contributed by atoms with Crippen LogP contribution in [0.1, 0.15) is 38.2 Å². The van der Waals surface area contributed by atoms with Crippen molar-refractivity contribution in [3.05, 3.63) is 30.1 Å². The average molecular weight is 312 g/mol. The van der Waals surface area contributed by atoms with Gasteiger partial charge in [0.15, 0.2) is 0 Å². The van der Waals surface area contributed by atoms with Crippen molar-refractivity contribution in [1.82, 2.24) is 15.3 Å². The Balaban J connectivity index is 1.81. The van der Waals surface area contributed by atoms with Gasteiger partial charge in [-0.15, -0.1) is 0 Å². The molecule has 23 heavy (non-hydrogen) atoms. The highest BCUT2D eigenvalue weighted by molar-refractivity contribution is 5.89. The number of nitrogens with one attached hydrogen (secondary N) is 1. The van der Waals surface area contributed by atoms with Crippen LogP contribution in [0.3, 0.4) is 0 Å². The Labute approximate surface area is 137 Å². The maximum Gasteiger partial charge on any atom is 0.220 e. The first-order chi connectivity index (χ1) is 11.2. The first-order valence-corrected chi connectivity index (χ1v) is 8.43. The Bertz CT molecular complexity index is 700. The molecule has 1 fully saturated rings. The number of rotatable bonds is 4.